The van der Waals surface area contributed by atoms with Crippen molar-refractivity contribution in [3.05, 3.63) is 53.7 Å². The molecule has 0 radical (unpaired) electrons. The first-order valence-corrected chi connectivity index (χ1v) is 8.44. The average molecular weight is 339 g/mol. The minimum Gasteiger partial charge on any atom is -0.325 e. The third-order valence-corrected chi connectivity index (χ3v) is 4.08. The van der Waals surface area contributed by atoms with Crippen LogP contribution in [-0.2, 0) is 4.79 Å². The van der Waals surface area contributed by atoms with E-state index in [9.17, 15) is 14.9 Å². The summed E-state index contributed by atoms with van der Waals surface area (Å²) >= 11 is 1.55. The van der Waals surface area contributed by atoms with Gasteiger partial charge in [0.25, 0.3) is 0 Å². The number of hydrogen-bond donors (Lipinski definition) is 1. The predicted octanol–water partition coefficient (Wildman–Crippen LogP) is 3.46. The number of nitriles is 1. The van der Waals surface area contributed by atoms with Crippen LogP contribution in [0.5, 0.6) is 0 Å². The summed E-state index contributed by atoms with van der Waals surface area (Å²) in [4.78, 5) is 28.8. The Morgan fingerprint density at radius 1 is 1.33 bits per heavy atom. The van der Waals surface area contributed by atoms with Gasteiger partial charge in [-0.25, -0.2) is 4.98 Å². The third-order valence-electron chi connectivity index (χ3n) is 3.25. The van der Waals surface area contributed by atoms with E-state index in [0.29, 0.717) is 5.69 Å². The van der Waals surface area contributed by atoms with Gasteiger partial charge in [0.05, 0.1) is 11.1 Å². The second-order valence-electron chi connectivity index (χ2n) is 5.10. The molecule has 1 amide bonds. The second kappa shape index (κ2) is 8.27. The molecule has 0 aliphatic rings. The van der Waals surface area contributed by atoms with Crippen molar-refractivity contribution in [2.75, 3.05) is 11.1 Å². The van der Waals surface area contributed by atoms with Gasteiger partial charge in [0, 0.05) is 17.4 Å². The largest absolute Gasteiger partial charge is 0.325 e. The molecule has 1 heterocycles. The molecule has 1 aromatic carbocycles. The Hall–Kier alpha value is -2.65. The van der Waals surface area contributed by atoms with Crippen LogP contribution >= 0.6 is 11.8 Å². The van der Waals surface area contributed by atoms with Crippen molar-refractivity contribution >= 4 is 29.1 Å². The summed E-state index contributed by atoms with van der Waals surface area (Å²) in [6.07, 6.45) is 1.41. The predicted molar refractivity (Wildman–Crippen MR) is 93.9 cm³/mol. The van der Waals surface area contributed by atoms with Gasteiger partial charge in [-0.05, 0) is 42.5 Å². The first-order valence-electron chi connectivity index (χ1n) is 7.45. The molecule has 122 valence electrons. The lowest BCUT2D eigenvalue weighted by Gasteiger charge is -2.10. The molecule has 0 saturated carbocycles. The Labute approximate surface area is 145 Å². The number of thioether (sulfide) groups is 1. The number of nitrogens with zero attached hydrogens (tertiary/aromatic N) is 2. The molecule has 0 bridgehead atoms. The van der Waals surface area contributed by atoms with Crippen LogP contribution < -0.4 is 5.32 Å². The smallest absolute Gasteiger partial charge is 0.249 e. The lowest BCUT2D eigenvalue weighted by atomic mass is 9.99. The van der Waals surface area contributed by atoms with E-state index in [1.54, 1.807) is 48.2 Å². The fraction of sp³-hybridized carbons (Fsp3) is 0.222. The summed E-state index contributed by atoms with van der Waals surface area (Å²) < 4.78 is 0. The molecule has 2 aromatic rings. The number of amides is 1. The number of carbonyl (C=O) groups is 2. The Bertz CT molecular complexity index is 782. The minimum atomic E-state index is -1.41. The van der Waals surface area contributed by atoms with Gasteiger partial charge in [0.15, 0.2) is 11.7 Å². The van der Waals surface area contributed by atoms with Crippen molar-refractivity contribution in [2.45, 2.75) is 18.9 Å². The molecule has 5 nitrogen and oxygen atoms in total. The van der Waals surface area contributed by atoms with Gasteiger partial charge in [-0.15, -0.1) is 11.8 Å². The van der Waals surface area contributed by atoms with Gasteiger partial charge in [-0.3, -0.25) is 9.59 Å². The van der Waals surface area contributed by atoms with Gasteiger partial charge >= 0.3 is 0 Å². The van der Waals surface area contributed by atoms with Gasteiger partial charge in [0.2, 0.25) is 5.91 Å². The zero-order valence-electron chi connectivity index (χ0n) is 13.4. The number of ketones is 1. The molecule has 0 saturated heterocycles. The molecule has 1 atom stereocenters. The second-order valence-corrected chi connectivity index (χ2v) is 6.39. The number of pyridine rings is 1. The Morgan fingerprint density at radius 3 is 2.71 bits per heavy atom. The number of nitrogens with one attached hydrogen (secondary N) is 1. The highest BCUT2D eigenvalue weighted by Gasteiger charge is 2.28. The van der Waals surface area contributed by atoms with Crippen LogP contribution in [0.15, 0.2) is 47.6 Å². The zero-order valence-corrected chi connectivity index (χ0v) is 14.3. The van der Waals surface area contributed by atoms with Crippen LogP contribution in [0.3, 0.4) is 0 Å². The molecule has 0 spiro atoms. The Kier molecular flexibility index (Phi) is 6.10. The summed E-state index contributed by atoms with van der Waals surface area (Å²) in [6.45, 7) is 3.90. The monoisotopic (exact) mass is 339 g/mol. The quantitative estimate of drug-likeness (QED) is 0.495. The van der Waals surface area contributed by atoms with Crippen molar-refractivity contribution in [1.82, 2.24) is 4.98 Å². The van der Waals surface area contributed by atoms with Crippen LogP contribution in [0.1, 0.15) is 22.8 Å². The van der Waals surface area contributed by atoms with Gasteiger partial charge in [-0.2, -0.15) is 5.26 Å². The minimum absolute atomic E-state index is 0.251. The normalized spacial score (nSPS) is 11.4. The summed E-state index contributed by atoms with van der Waals surface area (Å²) in [7, 11) is 0. The number of Topliss-reactive ketones (excluding diaryl/α,β-unsaturated/α-hetero) is 1. The van der Waals surface area contributed by atoms with Crippen molar-refractivity contribution in [2.24, 2.45) is 5.92 Å². The topological polar surface area (TPSA) is 82.8 Å². The van der Waals surface area contributed by atoms with E-state index in [2.05, 4.69) is 10.3 Å². The number of benzene rings is 1. The summed E-state index contributed by atoms with van der Waals surface area (Å²) in [5, 5.41) is 12.7. The first-order chi connectivity index (χ1) is 11.5. The van der Waals surface area contributed by atoms with Crippen LogP contribution in [0.2, 0.25) is 0 Å². The summed E-state index contributed by atoms with van der Waals surface area (Å²) in [5.74, 6) is -1.72. The number of aromatic nitrogens is 1. The highest BCUT2D eigenvalue weighted by atomic mass is 32.2. The van der Waals surface area contributed by atoms with Gasteiger partial charge < -0.3 is 5.32 Å². The molecule has 24 heavy (non-hydrogen) atoms. The molecule has 0 fully saturated rings. The molecule has 0 aliphatic heterocycles. The number of carbonyl (C=O) groups excluding carboxylic acids is 2. The van der Waals surface area contributed by atoms with E-state index >= 15 is 0 Å². The van der Waals surface area contributed by atoms with Crippen LogP contribution in [-0.4, -0.2) is 22.4 Å². The first kappa shape index (κ1) is 17.7. The fourth-order valence-electron chi connectivity index (χ4n) is 2.10. The molecule has 6 heteroatoms. The Morgan fingerprint density at radius 2 is 2.12 bits per heavy atom. The fourth-order valence-corrected chi connectivity index (χ4v) is 2.69. The summed E-state index contributed by atoms with van der Waals surface area (Å²) in [6, 6.07) is 12.3. The molecule has 0 aliphatic carbocycles. The number of anilines is 1. The number of aryl methyl sites for hydroxylation is 1. The van der Waals surface area contributed by atoms with E-state index in [1.807, 2.05) is 19.9 Å². The van der Waals surface area contributed by atoms with Crippen molar-refractivity contribution in [3.8, 4) is 6.07 Å². The zero-order chi connectivity index (χ0) is 17.5. The molecular formula is C18H17N3O2S. The Balaban J connectivity index is 2.13. The van der Waals surface area contributed by atoms with Gasteiger partial charge in [-0.1, -0.05) is 19.1 Å². The maximum atomic E-state index is 12.4. The highest BCUT2D eigenvalue weighted by Crippen LogP contribution is 2.17. The average Bonchev–Trinajstić information content (AvgIpc) is 2.56. The number of hydrogen-bond acceptors (Lipinski definition) is 5. The van der Waals surface area contributed by atoms with Crippen LogP contribution in [0.25, 0.3) is 0 Å². The van der Waals surface area contributed by atoms with E-state index in [4.69, 9.17) is 0 Å². The molecule has 1 aromatic heterocycles. The summed E-state index contributed by atoms with van der Waals surface area (Å²) in [5.41, 5.74) is 1.78. The van der Waals surface area contributed by atoms with Crippen LogP contribution in [0, 0.1) is 24.2 Å². The van der Waals surface area contributed by atoms with Crippen molar-refractivity contribution in [3.63, 3.8) is 0 Å². The maximum absolute atomic E-state index is 12.4. The van der Waals surface area contributed by atoms with E-state index in [1.165, 1.54) is 6.20 Å². The van der Waals surface area contributed by atoms with E-state index in [0.717, 1.165) is 16.3 Å². The number of rotatable bonds is 6. The van der Waals surface area contributed by atoms with Crippen molar-refractivity contribution in [1.29, 1.82) is 5.26 Å². The highest BCUT2D eigenvalue weighted by molar-refractivity contribution is 7.99. The van der Waals surface area contributed by atoms with Crippen molar-refractivity contribution < 1.29 is 9.59 Å². The lowest BCUT2D eigenvalue weighted by molar-refractivity contribution is -0.117. The van der Waals surface area contributed by atoms with E-state index < -0.39 is 17.6 Å². The standard InChI is InChI=1S/C18H17N3O2S/c1-3-24-16-8-7-13(11-20-16)17(22)15(10-19)18(23)21-14-6-4-5-12(2)9-14/h4-9,11,15H,3H2,1-2H3,(H,21,23)/t15-/m1/s1. The molecular weight excluding hydrogens is 322 g/mol. The third kappa shape index (κ3) is 4.43. The van der Waals surface area contributed by atoms with Crippen LogP contribution in [0.4, 0.5) is 5.69 Å². The lowest BCUT2D eigenvalue weighted by Crippen LogP contribution is -2.28. The molecule has 1 N–H and O–H groups in total. The SMILES string of the molecule is CCSc1ccc(C(=O)[C@@H](C#N)C(=O)Nc2cccc(C)c2)cn1. The maximum Gasteiger partial charge on any atom is 0.249 e. The molecule has 2 rings (SSSR count). The van der Waals surface area contributed by atoms with Gasteiger partial charge in [0.1, 0.15) is 0 Å². The van der Waals surface area contributed by atoms with E-state index in [-0.39, 0.29) is 5.56 Å². The molecule has 0 unspecified atom stereocenters.